The molecular weight excluding hydrogens is 342 g/mol. The van der Waals surface area contributed by atoms with Gasteiger partial charge in [-0.05, 0) is 36.2 Å². The molecule has 1 aromatic heterocycles. The second-order valence-corrected chi connectivity index (χ2v) is 6.64. The molecule has 8 heteroatoms. The number of benzene rings is 1. The highest BCUT2D eigenvalue weighted by Crippen LogP contribution is 2.31. The summed E-state index contributed by atoms with van der Waals surface area (Å²) in [5.74, 6) is 0.713. The number of carbonyl (C=O) groups excluding carboxylic acids is 2. The van der Waals surface area contributed by atoms with Crippen molar-refractivity contribution in [2.75, 3.05) is 32.1 Å². The van der Waals surface area contributed by atoms with Gasteiger partial charge in [-0.3, -0.25) is 14.5 Å². The van der Waals surface area contributed by atoms with Crippen LogP contribution in [0.2, 0.25) is 0 Å². The molecule has 3 N–H and O–H groups in total. The molecule has 0 spiro atoms. The average molecular weight is 361 g/mol. The van der Waals surface area contributed by atoms with Gasteiger partial charge in [-0.2, -0.15) is 0 Å². The molecule has 0 saturated heterocycles. The molecule has 2 heterocycles. The van der Waals surface area contributed by atoms with E-state index in [1.54, 1.807) is 11.4 Å². The third-order valence-corrected chi connectivity index (χ3v) is 4.49. The first-order valence-corrected chi connectivity index (χ1v) is 8.65. The van der Waals surface area contributed by atoms with Gasteiger partial charge in [0.1, 0.15) is 18.2 Å². The number of thiophene rings is 1. The van der Waals surface area contributed by atoms with Crippen molar-refractivity contribution in [3.8, 4) is 11.5 Å². The highest BCUT2D eigenvalue weighted by atomic mass is 32.1. The SMILES string of the molecule is CN(CC(=O)Nc1sccc1C(N)=O)Cc1ccc2c(c1)OCCO2. The molecule has 0 fully saturated rings. The summed E-state index contributed by atoms with van der Waals surface area (Å²) >= 11 is 1.27. The number of amides is 2. The van der Waals surface area contributed by atoms with E-state index in [4.69, 9.17) is 15.2 Å². The predicted molar refractivity (Wildman–Crippen MR) is 95.2 cm³/mol. The Kier molecular flexibility index (Phi) is 5.20. The van der Waals surface area contributed by atoms with Gasteiger partial charge >= 0.3 is 0 Å². The van der Waals surface area contributed by atoms with Gasteiger partial charge in [-0.25, -0.2) is 0 Å². The number of primary amides is 1. The Bertz CT molecular complexity index is 790. The average Bonchev–Trinajstić information content (AvgIpc) is 3.02. The molecule has 2 amide bonds. The maximum atomic E-state index is 12.2. The lowest BCUT2D eigenvalue weighted by atomic mass is 10.2. The molecule has 3 rings (SSSR count). The van der Waals surface area contributed by atoms with Crippen LogP contribution in [0, 0.1) is 0 Å². The van der Waals surface area contributed by atoms with Crippen LogP contribution in [0.3, 0.4) is 0 Å². The lowest BCUT2D eigenvalue weighted by Gasteiger charge is -2.21. The monoisotopic (exact) mass is 361 g/mol. The topological polar surface area (TPSA) is 93.9 Å². The molecule has 0 saturated carbocycles. The van der Waals surface area contributed by atoms with E-state index in [0.29, 0.717) is 30.3 Å². The smallest absolute Gasteiger partial charge is 0.251 e. The van der Waals surface area contributed by atoms with Crippen molar-refractivity contribution in [1.82, 2.24) is 4.90 Å². The van der Waals surface area contributed by atoms with E-state index in [0.717, 1.165) is 17.1 Å². The quantitative estimate of drug-likeness (QED) is 0.817. The van der Waals surface area contributed by atoms with E-state index >= 15 is 0 Å². The summed E-state index contributed by atoms with van der Waals surface area (Å²) in [7, 11) is 1.85. The maximum Gasteiger partial charge on any atom is 0.251 e. The van der Waals surface area contributed by atoms with Gasteiger partial charge in [0.15, 0.2) is 11.5 Å². The Balaban J connectivity index is 1.57. The number of nitrogens with two attached hydrogens (primary N) is 1. The fourth-order valence-electron chi connectivity index (χ4n) is 2.57. The van der Waals surface area contributed by atoms with Gasteiger partial charge in [0.05, 0.1) is 12.1 Å². The van der Waals surface area contributed by atoms with Crippen LogP contribution in [-0.2, 0) is 11.3 Å². The second-order valence-electron chi connectivity index (χ2n) is 5.73. The Morgan fingerprint density at radius 1 is 1.24 bits per heavy atom. The van der Waals surface area contributed by atoms with Crippen molar-refractivity contribution in [2.45, 2.75) is 6.54 Å². The number of likely N-dealkylation sites (N-methyl/N-ethyl adjacent to an activating group) is 1. The zero-order valence-electron chi connectivity index (χ0n) is 13.8. The predicted octanol–water partition coefficient (Wildman–Crippen LogP) is 1.69. The van der Waals surface area contributed by atoms with E-state index in [2.05, 4.69) is 5.32 Å². The van der Waals surface area contributed by atoms with Gasteiger partial charge in [0.25, 0.3) is 5.91 Å². The van der Waals surface area contributed by atoms with E-state index in [9.17, 15) is 9.59 Å². The minimum atomic E-state index is -0.554. The summed E-state index contributed by atoms with van der Waals surface area (Å²) in [6.45, 7) is 1.86. The summed E-state index contributed by atoms with van der Waals surface area (Å²) < 4.78 is 11.1. The summed E-state index contributed by atoms with van der Waals surface area (Å²) in [6, 6.07) is 7.35. The van der Waals surface area contributed by atoms with Crippen LogP contribution in [0.5, 0.6) is 11.5 Å². The summed E-state index contributed by atoms with van der Waals surface area (Å²) in [5.41, 5.74) is 6.63. The van der Waals surface area contributed by atoms with E-state index < -0.39 is 5.91 Å². The van der Waals surface area contributed by atoms with Crippen molar-refractivity contribution >= 4 is 28.2 Å². The molecule has 7 nitrogen and oxygen atoms in total. The number of nitrogens with zero attached hydrogens (tertiary/aromatic N) is 1. The number of carbonyl (C=O) groups is 2. The number of nitrogens with one attached hydrogen (secondary N) is 1. The van der Waals surface area contributed by atoms with Crippen molar-refractivity contribution in [2.24, 2.45) is 5.73 Å². The first-order chi connectivity index (χ1) is 12.0. The number of ether oxygens (including phenoxy) is 2. The second kappa shape index (κ2) is 7.54. The lowest BCUT2D eigenvalue weighted by molar-refractivity contribution is -0.117. The highest BCUT2D eigenvalue weighted by molar-refractivity contribution is 7.14. The van der Waals surface area contributed by atoms with Crippen LogP contribution in [0.1, 0.15) is 15.9 Å². The van der Waals surface area contributed by atoms with Gasteiger partial charge in [0.2, 0.25) is 5.91 Å². The lowest BCUT2D eigenvalue weighted by Crippen LogP contribution is -2.30. The minimum Gasteiger partial charge on any atom is -0.486 e. The van der Waals surface area contributed by atoms with Crippen LogP contribution < -0.4 is 20.5 Å². The van der Waals surface area contributed by atoms with Crippen LogP contribution in [0.4, 0.5) is 5.00 Å². The van der Waals surface area contributed by atoms with Crippen molar-refractivity contribution in [3.63, 3.8) is 0 Å². The minimum absolute atomic E-state index is 0.185. The van der Waals surface area contributed by atoms with Gasteiger partial charge in [0, 0.05) is 6.54 Å². The third kappa shape index (κ3) is 4.28. The van der Waals surface area contributed by atoms with Crippen molar-refractivity contribution in [3.05, 3.63) is 40.8 Å². The highest BCUT2D eigenvalue weighted by Gasteiger charge is 2.15. The molecular formula is C17H19N3O4S. The molecule has 0 unspecified atom stereocenters. The van der Waals surface area contributed by atoms with E-state index in [1.807, 2.05) is 30.1 Å². The first kappa shape index (κ1) is 17.2. The molecule has 2 aromatic rings. The van der Waals surface area contributed by atoms with Crippen molar-refractivity contribution in [1.29, 1.82) is 0 Å². The molecule has 0 aliphatic carbocycles. The zero-order valence-corrected chi connectivity index (χ0v) is 14.6. The van der Waals surface area contributed by atoms with Crippen molar-refractivity contribution < 1.29 is 19.1 Å². The molecule has 0 bridgehead atoms. The largest absolute Gasteiger partial charge is 0.486 e. The first-order valence-electron chi connectivity index (χ1n) is 7.77. The van der Waals surface area contributed by atoms with E-state index in [-0.39, 0.29) is 12.5 Å². The van der Waals surface area contributed by atoms with Gasteiger partial charge in [-0.15, -0.1) is 11.3 Å². The van der Waals surface area contributed by atoms with E-state index in [1.165, 1.54) is 11.3 Å². The normalized spacial score (nSPS) is 12.9. The van der Waals surface area contributed by atoms with Crippen LogP contribution in [0.25, 0.3) is 0 Å². The fourth-order valence-corrected chi connectivity index (χ4v) is 3.37. The molecule has 25 heavy (non-hydrogen) atoms. The summed E-state index contributed by atoms with van der Waals surface area (Å²) in [6.07, 6.45) is 0. The maximum absolute atomic E-state index is 12.2. The van der Waals surface area contributed by atoms with Gasteiger partial charge in [-0.1, -0.05) is 6.07 Å². The zero-order chi connectivity index (χ0) is 17.8. The number of anilines is 1. The Labute approximate surface area is 149 Å². The summed E-state index contributed by atoms with van der Waals surface area (Å²) in [4.78, 5) is 25.3. The molecule has 0 radical (unpaired) electrons. The Hall–Kier alpha value is -2.58. The van der Waals surface area contributed by atoms with Crippen LogP contribution >= 0.6 is 11.3 Å². The number of fused-ring (bicyclic) bond motifs is 1. The Morgan fingerprint density at radius 2 is 2.00 bits per heavy atom. The van der Waals surface area contributed by atoms with Gasteiger partial charge < -0.3 is 20.5 Å². The molecule has 1 aliphatic heterocycles. The molecule has 1 aliphatic rings. The fraction of sp³-hybridized carbons (Fsp3) is 0.294. The Morgan fingerprint density at radius 3 is 2.76 bits per heavy atom. The number of rotatable bonds is 6. The van der Waals surface area contributed by atoms with Crippen LogP contribution in [-0.4, -0.2) is 43.5 Å². The summed E-state index contributed by atoms with van der Waals surface area (Å²) in [5, 5.41) is 4.92. The number of hydrogen-bond acceptors (Lipinski definition) is 6. The third-order valence-electron chi connectivity index (χ3n) is 3.66. The standard InChI is InChI=1S/C17H19N3O4S/c1-20(9-11-2-3-13-14(8-11)24-6-5-23-13)10-15(21)19-17-12(16(18)22)4-7-25-17/h2-4,7-8H,5-6,9-10H2,1H3,(H2,18,22)(H,19,21). The van der Waals surface area contributed by atoms with Crippen LogP contribution in [0.15, 0.2) is 29.6 Å². The molecule has 1 aromatic carbocycles. The molecule has 0 atom stereocenters. The number of hydrogen-bond donors (Lipinski definition) is 2. The molecule has 132 valence electrons.